The standard InChI is InChI=1S/C7H13F3N2O/c1-5(11)2-3-6(13)12-4-7(8,9)10/h5H,2-4,11H2,1H3,(H,12,13). The molecule has 6 heteroatoms. The van der Waals surface area contributed by atoms with E-state index in [0.29, 0.717) is 6.42 Å². The number of carbonyl (C=O) groups excluding carboxylic acids is 1. The molecular formula is C7H13F3N2O. The van der Waals surface area contributed by atoms with Crippen molar-refractivity contribution in [1.82, 2.24) is 5.32 Å². The van der Waals surface area contributed by atoms with E-state index in [0.717, 1.165) is 0 Å². The molecule has 0 aromatic rings. The fraction of sp³-hybridized carbons (Fsp3) is 0.857. The van der Waals surface area contributed by atoms with Crippen molar-refractivity contribution in [3.8, 4) is 0 Å². The zero-order chi connectivity index (χ0) is 10.5. The van der Waals surface area contributed by atoms with Crippen LogP contribution >= 0.6 is 0 Å². The lowest BCUT2D eigenvalue weighted by molar-refractivity contribution is -0.138. The second-order valence-corrected chi connectivity index (χ2v) is 2.91. The number of hydrogen-bond donors (Lipinski definition) is 2. The Hall–Kier alpha value is -0.780. The van der Waals surface area contributed by atoms with E-state index < -0.39 is 18.6 Å². The Balaban J connectivity index is 3.53. The molecule has 0 saturated heterocycles. The van der Waals surface area contributed by atoms with Gasteiger partial charge in [0.15, 0.2) is 0 Å². The van der Waals surface area contributed by atoms with Crippen LogP contribution in [-0.2, 0) is 4.79 Å². The molecule has 0 rings (SSSR count). The van der Waals surface area contributed by atoms with Gasteiger partial charge in [0.1, 0.15) is 6.54 Å². The number of nitrogens with one attached hydrogen (secondary N) is 1. The minimum Gasteiger partial charge on any atom is -0.347 e. The molecular weight excluding hydrogens is 185 g/mol. The molecule has 0 aliphatic carbocycles. The minimum absolute atomic E-state index is 0.0355. The van der Waals surface area contributed by atoms with Crippen LogP contribution in [0.5, 0.6) is 0 Å². The number of halogens is 3. The third kappa shape index (κ3) is 9.13. The molecule has 0 fully saturated rings. The Bertz CT molecular complexity index is 168. The molecule has 13 heavy (non-hydrogen) atoms. The SMILES string of the molecule is CC(N)CCC(=O)NCC(F)(F)F. The third-order valence-electron chi connectivity index (χ3n) is 1.31. The largest absolute Gasteiger partial charge is 0.405 e. The van der Waals surface area contributed by atoms with Crippen LogP contribution in [0.25, 0.3) is 0 Å². The normalized spacial score (nSPS) is 13.9. The highest BCUT2D eigenvalue weighted by atomic mass is 19.4. The lowest BCUT2D eigenvalue weighted by Gasteiger charge is -2.08. The molecule has 3 N–H and O–H groups in total. The van der Waals surface area contributed by atoms with Gasteiger partial charge >= 0.3 is 6.18 Å². The smallest absolute Gasteiger partial charge is 0.347 e. The number of nitrogens with two attached hydrogens (primary N) is 1. The van der Waals surface area contributed by atoms with Gasteiger partial charge < -0.3 is 11.1 Å². The molecule has 0 saturated carbocycles. The first-order chi connectivity index (χ1) is 5.81. The van der Waals surface area contributed by atoms with E-state index in [2.05, 4.69) is 0 Å². The summed E-state index contributed by atoms with van der Waals surface area (Å²) in [6, 6.07) is -0.170. The summed E-state index contributed by atoms with van der Waals surface area (Å²) in [5.41, 5.74) is 5.32. The van der Waals surface area contributed by atoms with Gasteiger partial charge in [-0.3, -0.25) is 4.79 Å². The average molecular weight is 198 g/mol. The van der Waals surface area contributed by atoms with Crippen molar-refractivity contribution in [2.45, 2.75) is 32.0 Å². The predicted octanol–water partition coefficient (Wildman–Crippen LogP) is 0.792. The van der Waals surface area contributed by atoms with Gasteiger partial charge in [-0.2, -0.15) is 13.2 Å². The fourth-order valence-electron chi connectivity index (χ4n) is 0.646. The Kier molecular flexibility index (Phi) is 4.76. The molecule has 0 aromatic heterocycles. The maximum Gasteiger partial charge on any atom is 0.405 e. The molecule has 0 spiro atoms. The summed E-state index contributed by atoms with van der Waals surface area (Å²) < 4.78 is 34.7. The third-order valence-corrected chi connectivity index (χ3v) is 1.31. The summed E-state index contributed by atoms with van der Waals surface area (Å²) in [6.45, 7) is 0.418. The second kappa shape index (κ2) is 5.06. The van der Waals surface area contributed by atoms with Gasteiger partial charge in [-0.25, -0.2) is 0 Å². The molecule has 0 aliphatic heterocycles. The van der Waals surface area contributed by atoms with Gasteiger partial charge in [0.2, 0.25) is 5.91 Å². The van der Waals surface area contributed by atoms with E-state index in [1.54, 1.807) is 12.2 Å². The van der Waals surface area contributed by atoms with Gasteiger partial charge in [-0.15, -0.1) is 0 Å². The van der Waals surface area contributed by atoms with Crippen LogP contribution < -0.4 is 11.1 Å². The van der Waals surface area contributed by atoms with Gasteiger partial charge in [-0.05, 0) is 13.3 Å². The van der Waals surface area contributed by atoms with Crippen molar-refractivity contribution in [2.75, 3.05) is 6.54 Å². The first-order valence-corrected chi connectivity index (χ1v) is 3.90. The molecule has 1 atom stereocenters. The fourth-order valence-corrected chi connectivity index (χ4v) is 0.646. The lowest BCUT2D eigenvalue weighted by Crippen LogP contribution is -2.34. The quantitative estimate of drug-likeness (QED) is 0.701. The van der Waals surface area contributed by atoms with Crippen molar-refractivity contribution >= 4 is 5.91 Å². The van der Waals surface area contributed by atoms with Crippen LogP contribution in [0.1, 0.15) is 19.8 Å². The lowest BCUT2D eigenvalue weighted by atomic mass is 10.2. The van der Waals surface area contributed by atoms with Gasteiger partial charge in [0, 0.05) is 12.5 Å². The molecule has 0 aliphatic rings. The van der Waals surface area contributed by atoms with E-state index in [4.69, 9.17) is 5.73 Å². The zero-order valence-corrected chi connectivity index (χ0v) is 7.32. The highest BCUT2D eigenvalue weighted by Gasteiger charge is 2.27. The molecule has 0 radical (unpaired) electrons. The maximum absolute atomic E-state index is 11.6. The van der Waals surface area contributed by atoms with Crippen LogP contribution in [-0.4, -0.2) is 24.7 Å². The highest BCUT2D eigenvalue weighted by molar-refractivity contribution is 5.75. The van der Waals surface area contributed by atoms with Crippen molar-refractivity contribution in [2.24, 2.45) is 5.73 Å². The van der Waals surface area contributed by atoms with Crippen LogP contribution in [0.4, 0.5) is 13.2 Å². The van der Waals surface area contributed by atoms with Gasteiger partial charge in [0.05, 0.1) is 0 Å². The Morgan fingerprint density at radius 1 is 1.54 bits per heavy atom. The average Bonchev–Trinajstić information content (AvgIpc) is 1.95. The first kappa shape index (κ1) is 12.2. The summed E-state index contributed by atoms with van der Waals surface area (Å²) in [7, 11) is 0. The van der Waals surface area contributed by atoms with Crippen molar-refractivity contribution in [1.29, 1.82) is 0 Å². The Morgan fingerprint density at radius 3 is 2.46 bits per heavy atom. The molecule has 0 aromatic carbocycles. The highest BCUT2D eigenvalue weighted by Crippen LogP contribution is 2.12. The predicted molar refractivity (Wildman–Crippen MR) is 41.9 cm³/mol. The van der Waals surface area contributed by atoms with Crippen molar-refractivity contribution in [3.63, 3.8) is 0 Å². The number of rotatable bonds is 4. The van der Waals surface area contributed by atoms with E-state index in [1.807, 2.05) is 0 Å². The zero-order valence-electron chi connectivity index (χ0n) is 7.32. The van der Waals surface area contributed by atoms with Gasteiger partial charge in [-0.1, -0.05) is 0 Å². The van der Waals surface area contributed by atoms with Crippen molar-refractivity contribution in [3.05, 3.63) is 0 Å². The van der Waals surface area contributed by atoms with Crippen LogP contribution in [0, 0.1) is 0 Å². The molecule has 1 amide bonds. The van der Waals surface area contributed by atoms with E-state index in [9.17, 15) is 18.0 Å². The first-order valence-electron chi connectivity index (χ1n) is 3.90. The number of amides is 1. The topological polar surface area (TPSA) is 55.1 Å². The Labute approximate surface area is 74.5 Å². The number of carbonyl (C=O) groups is 1. The second-order valence-electron chi connectivity index (χ2n) is 2.91. The van der Waals surface area contributed by atoms with Crippen LogP contribution in [0.15, 0.2) is 0 Å². The molecule has 0 bridgehead atoms. The summed E-state index contributed by atoms with van der Waals surface area (Å²) in [5.74, 6) is -0.616. The van der Waals surface area contributed by atoms with E-state index in [-0.39, 0.29) is 12.5 Å². The van der Waals surface area contributed by atoms with Crippen LogP contribution in [0.2, 0.25) is 0 Å². The molecule has 78 valence electrons. The maximum atomic E-state index is 11.6. The number of alkyl halides is 3. The van der Waals surface area contributed by atoms with Gasteiger partial charge in [0.25, 0.3) is 0 Å². The van der Waals surface area contributed by atoms with E-state index >= 15 is 0 Å². The number of hydrogen-bond acceptors (Lipinski definition) is 2. The minimum atomic E-state index is -4.34. The molecule has 1 unspecified atom stereocenters. The van der Waals surface area contributed by atoms with E-state index in [1.165, 1.54) is 0 Å². The molecule has 3 nitrogen and oxygen atoms in total. The summed E-state index contributed by atoms with van der Waals surface area (Å²) in [4.78, 5) is 10.7. The summed E-state index contributed by atoms with van der Waals surface area (Å²) >= 11 is 0. The molecule has 0 heterocycles. The Morgan fingerprint density at radius 2 is 2.08 bits per heavy atom. The summed E-state index contributed by atoms with van der Waals surface area (Å²) in [6.07, 6.45) is -3.92. The monoisotopic (exact) mass is 198 g/mol. The summed E-state index contributed by atoms with van der Waals surface area (Å²) in [5, 5.41) is 1.76. The van der Waals surface area contributed by atoms with Crippen LogP contribution in [0.3, 0.4) is 0 Å². The van der Waals surface area contributed by atoms with Crippen molar-refractivity contribution < 1.29 is 18.0 Å².